The summed E-state index contributed by atoms with van der Waals surface area (Å²) in [5.74, 6) is 0. The van der Waals surface area contributed by atoms with Crippen molar-refractivity contribution in [2.75, 3.05) is 5.32 Å². The van der Waals surface area contributed by atoms with E-state index in [9.17, 15) is 0 Å². The van der Waals surface area contributed by atoms with Gasteiger partial charge in [-0.25, -0.2) is 0 Å². The molecule has 1 nitrogen and oxygen atoms in total. The first-order valence-corrected chi connectivity index (χ1v) is 8.21. The molecular formula is C23H19N. The summed E-state index contributed by atoms with van der Waals surface area (Å²) in [5, 5.41) is 5.99. The van der Waals surface area contributed by atoms with Gasteiger partial charge in [0.25, 0.3) is 0 Å². The summed E-state index contributed by atoms with van der Waals surface area (Å²) in [6.07, 6.45) is 0. The Kier molecular flexibility index (Phi) is 3.76. The first kappa shape index (κ1) is 14.5. The minimum atomic E-state index is 1.10. The van der Waals surface area contributed by atoms with Gasteiger partial charge in [0.1, 0.15) is 0 Å². The third-order valence-corrected chi connectivity index (χ3v) is 4.31. The Morgan fingerprint density at radius 3 is 1.83 bits per heavy atom. The lowest BCUT2D eigenvalue weighted by molar-refractivity contribution is 1.47. The van der Waals surface area contributed by atoms with Crippen LogP contribution in [0.15, 0.2) is 91.0 Å². The van der Waals surface area contributed by atoms with Crippen molar-refractivity contribution in [1.82, 2.24) is 0 Å². The molecule has 1 N–H and O–H groups in total. The van der Waals surface area contributed by atoms with E-state index < -0.39 is 0 Å². The van der Waals surface area contributed by atoms with E-state index >= 15 is 0 Å². The summed E-state index contributed by atoms with van der Waals surface area (Å²) in [7, 11) is 0. The van der Waals surface area contributed by atoms with Crippen LogP contribution in [0.25, 0.3) is 21.9 Å². The van der Waals surface area contributed by atoms with Gasteiger partial charge in [0.05, 0.1) is 0 Å². The van der Waals surface area contributed by atoms with Crippen molar-refractivity contribution < 1.29 is 0 Å². The molecule has 0 fully saturated rings. The lowest BCUT2D eigenvalue weighted by Gasteiger charge is -2.09. The molecule has 0 amide bonds. The zero-order chi connectivity index (χ0) is 16.4. The summed E-state index contributed by atoms with van der Waals surface area (Å²) in [4.78, 5) is 0. The molecule has 0 aliphatic carbocycles. The van der Waals surface area contributed by atoms with Gasteiger partial charge in [-0.2, -0.15) is 0 Å². The molecule has 24 heavy (non-hydrogen) atoms. The van der Waals surface area contributed by atoms with Crippen LogP contribution in [-0.4, -0.2) is 0 Å². The Bertz CT molecular complexity index is 967. The lowest BCUT2D eigenvalue weighted by atomic mass is 10.0. The second-order valence-electron chi connectivity index (χ2n) is 6.13. The molecular weight excluding hydrogens is 290 g/mol. The first-order chi connectivity index (χ1) is 11.8. The molecule has 4 aromatic carbocycles. The topological polar surface area (TPSA) is 12.0 Å². The molecule has 0 heterocycles. The largest absolute Gasteiger partial charge is 0.356 e. The van der Waals surface area contributed by atoms with Crippen LogP contribution in [0.1, 0.15) is 5.56 Å². The van der Waals surface area contributed by atoms with Crippen molar-refractivity contribution in [1.29, 1.82) is 0 Å². The van der Waals surface area contributed by atoms with Crippen LogP contribution >= 0.6 is 0 Å². The first-order valence-electron chi connectivity index (χ1n) is 8.21. The van der Waals surface area contributed by atoms with Gasteiger partial charge in [0, 0.05) is 11.4 Å². The molecule has 0 saturated carbocycles. The maximum absolute atomic E-state index is 3.48. The Morgan fingerprint density at radius 2 is 1.12 bits per heavy atom. The number of hydrogen-bond acceptors (Lipinski definition) is 1. The van der Waals surface area contributed by atoms with E-state index in [4.69, 9.17) is 0 Å². The zero-order valence-electron chi connectivity index (χ0n) is 13.7. The Labute approximate surface area is 142 Å². The summed E-state index contributed by atoms with van der Waals surface area (Å²) in [6, 6.07) is 32.1. The Morgan fingerprint density at radius 1 is 0.542 bits per heavy atom. The van der Waals surface area contributed by atoms with E-state index in [1.807, 2.05) is 0 Å². The van der Waals surface area contributed by atoms with Gasteiger partial charge in [-0.15, -0.1) is 0 Å². The van der Waals surface area contributed by atoms with E-state index in [1.54, 1.807) is 0 Å². The second-order valence-corrected chi connectivity index (χ2v) is 6.13. The van der Waals surface area contributed by atoms with Gasteiger partial charge in [-0.1, -0.05) is 72.3 Å². The van der Waals surface area contributed by atoms with Gasteiger partial charge < -0.3 is 5.32 Å². The van der Waals surface area contributed by atoms with E-state index in [2.05, 4.69) is 103 Å². The summed E-state index contributed by atoms with van der Waals surface area (Å²) < 4.78 is 0. The third-order valence-electron chi connectivity index (χ3n) is 4.31. The molecule has 0 aliphatic heterocycles. The molecule has 0 aromatic heterocycles. The van der Waals surface area contributed by atoms with Crippen LogP contribution in [-0.2, 0) is 0 Å². The minimum absolute atomic E-state index is 1.10. The van der Waals surface area contributed by atoms with Gasteiger partial charge >= 0.3 is 0 Å². The second kappa shape index (κ2) is 6.21. The van der Waals surface area contributed by atoms with Crippen molar-refractivity contribution >= 4 is 22.1 Å². The number of anilines is 2. The van der Waals surface area contributed by atoms with E-state index in [0.717, 1.165) is 11.4 Å². The number of nitrogens with one attached hydrogen (secondary N) is 1. The van der Waals surface area contributed by atoms with Crippen LogP contribution in [0.4, 0.5) is 11.4 Å². The van der Waals surface area contributed by atoms with Crippen molar-refractivity contribution in [3.05, 3.63) is 96.6 Å². The fraction of sp³-hybridized carbons (Fsp3) is 0.0435. The van der Waals surface area contributed by atoms with E-state index in [0.29, 0.717) is 0 Å². The Hall–Kier alpha value is -3.06. The average molecular weight is 309 g/mol. The quantitative estimate of drug-likeness (QED) is 0.452. The number of benzene rings is 4. The minimum Gasteiger partial charge on any atom is -0.356 e. The molecule has 4 aromatic rings. The number of rotatable bonds is 3. The number of aryl methyl sites for hydroxylation is 1. The van der Waals surface area contributed by atoms with Crippen LogP contribution < -0.4 is 5.32 Å². The van der Waals surface area contributed by atoms with Crippen molar-refractivity contribution in [2.45, 2.75) is 6.92 Å². The standard InChI is InChI=1S/C23H19N/c1-17-6-8-19(9-7-17)20-10-13-22(14-11-20)24-23-15-12-18-4-2-3-5-21(18)16-23/h2-16,24H,1H3. The Balaban J connectivity index is 1.57. The predicted molar refractivity (Wildman–Crippen MR) is 104 cm³/mol. The molecule has 0 atom stereocenters. The van der Waals surface area contributed by atoms with Crippen LogP contribution in [0, 0.1) is 6.92 Å². The summed E-state index contributed by atoms with van der Waals surface area (Å²) in [6.45, 7) is 2.11. The molecule has 4 rings (SSSR count). The highest BCUT2D eigenvalue weighted by atomic mass is 14.9. The normalized spacial score (nSPS) is 10.7. The summed E-state index contributed by atoms with van der Waals surface area (Å²) >= 11 is 0. The van der Waals surface area contributed by atoms with Crippen LogP contribution in [0.3, 0.4) is 0 Å². The predicted octanol–water partition coefficient (Wildman–Crippen LogP) is 6.56. The molecule has 0 bridgehead atoms. The average Bonchev–Trinajstić information content (AvgIpc) is 2.63. The van der Waals surface area contributed by atoms with E-state index in [-0.39, 0.29) is 0 Å². The fourth-order valence-electron chi connectivity index (χ4n) is 2.93. The van der Waals surface area contributed by atoms with Crippen molar-refractivity contribution in [3.8, 4) is 11.1 Å². The fourth-order valence-corrected chi connectivity index (χ4v) is 2.93. The molecule has 0 unspecified atom stereocenters. The smallest absolute Gasteiger partial charge is 0.0390 e. The maximum atomic E-state index is 3.48. The highest BCUT2D eigenvalue weighted by Crippen LogP contribution is 2.25. The maximum Gasteiger partial charge on any atom is 0.0390 e. The molecule has 0 saturated heterocycles. The number of hydrogen-bond donors (Lipinski definition) is 1. The van der Waals surface area contributed by atoms with Crippen molar-refractivity contribution in [3.63, 3.8) is 0 Å². The zero-order valence-corrected chi connectivity index (χ0v) is 13.7. The highest BCUT2D eigenvalue weighted by molar-refractivity contribution is 5.86. The molecule has 116 valence electrons. The van der Waals surface area contributed by atoms with Crippen LogP contribution in [0.2, 0.25) is 0 Å². The SMILES string of the molecule is Cc1ccc(-c2ccc(Nc3ccc4ccccc4c3)cc2)cc1. The van der Waals surface area contributed by atoms with Gasteiger partial charge in [-0.3, -0.25) is 0 Å². The highest BCUT2D eigenvalue weighted by Gasteiger charge is 2.00. The molecule has 1 heteroatoms. The van der Waals surface area contributed by atoms with Gasteiger partial charge in [0.15, 0.2) is 0 Å². The van der Waals surface area contributed by atoms with E-state index in [1.165, 1.54) is 27.5 Å². The third kappa shape index (κ3) is 3.02. The van der Waals surface area contributed by atoms with Gasteiger partial charge in [0.2, 0.25) is 0 Å². The van der Waals surface area contributed by atoms with Crippen LogP contribution in [0.5, 0.6) is 0 Å². The monoisotopic (exact) mass is 309 g/mol. The van der Waals surface area contributed by atoms with Gasteiger partial charge in [-0.05, 0) is 53.1 Å². The summed E-state index contributed by atoms with van der Waals surface area (Å²) in [5.41, 5.74) is 5.98. The molecule has 0 radical (unpaired) electrons. The molecule has 0 aliphatic rings. The van der Waals surface area contributed by atoms with Crippen molar-refractivity contribution in [2.24, 2.45) is 0 Å². The lowest BCUT2D eigenvalue weighted by Crippen LogP contribution is -1.90. The molecule has 0 spiro atoms. The number of fused-ring (bicyclic) bond motifs is 1.